The molecule has 5 nitrogen and oxygen atoms in total. The van der Waals surface area contributed by atoms with Crippen molar-refractivity contribution in [3.63, 3.8) is 0 Å². The maximum Gasteiger partial charge on any atom is 0.307 e. The van der Waals surface area contributed by atoms with Crippen molar-refractivity contribution in [2.75, 3.05) is 20.8 Å². The summed E-state index contributed by atoms with van der Waals surface area (Å²) in [7, 11) is 2.91. The molecule has 1 rings (SSSR count). The zero-order valence-corrected chi connectivity index (χ0v) is 13.4. The van der Waals surface area contributed by atoms with Crippen molar-refractivity contribution in [1.29, 1.82) is 0 Å². The highest BCUT2D eigenvalue weighted by molar-refractivity contribution is 5.70. The Labute approximate surface area is 126 Å². The van der Waals surface area contributed by atoms with E-state index in [4.69, 9.17) is 9.47 Å². The second kappa shape index (κ2) is 8.00. The third-order valence-corrected chi connectivity index (χ3v) is 3.63. The van der Waals surface area contributed by atoms with E-state index >= 15 is 0 Å². The first kappa shape index (κ1) is 17.5. The van der Waals surface area contributed by atoms with Crippen LogP contribution in [-0.2, 0) is 9.53 Å². The molecule has 0 saturated heterocycles. The number of methoxy groups -OCH3 is 2. The molecule has 2 unspecified atom stereocenters. The van der Waals surface area contributed by atoms with Crippen LogP contribution in [0.4, 0.5) is 0 Å². The first-order valence-electron chi connectivity index (χ1n) is 7.07. The Bertz CT molecular complexity index is 487. The Morgan fingerprint density at radius 3 is 2.43 bits per heavy atom. The lowest BCUT2D eigenvalue weighted by Crippen LogP contribution is -2.37. The molecular weight excluding hydrogens is 270 g/mol. The van der Waals surface area contributed by atoms with E-state index in [1.54, 1.807) is 7.11 Å². The molecule has 0 aliphatic heterocycles. The molecule has 0 saturated carbocycles. The van der Waals surface area contributed by atoms with Crippen molar-refractivity contribution in [3.8, 4) is 5.75 Å². The fourth-order valence-electron chi connectivity index (χ4n) is 2.26. The smallest absolute Gasteiger partial charge is 0.307 e. The number of aliphatic hydroxyl groups excluding tert-OH is 1. The molecule has 0 spiro atoms. The van der Waals surface area contributed by atoms with E-state index in [0.29, 0.717) is 17.9 Å². The second-order valence-corrected chi connectivity index (χ2v) is 5.07. The Hall–Kier alpha value is -1.59. The van der Waals surface area contributed by atoms with Gasteiger partial charge in [-0.05, 0) is 43.7 Å². The fraction of sp³-hybridized carbons (Fsp3) is 0.562. The van der Waals surface area contributed by atoms with E-state index in [-0.39, 0.29) is 12.4 Å². The maximum absolute atomic E-state index is 11.5. The number of hydrogen-bond acceptors (Lipinski definition) is 5. The van der Waals surface area contributed by atoms with Crippen LogP contribution in [0.3, 0.4) is 0 Å². The molecule has 0 heterocycles. The molecule has 21 heavy (non-hydrogen) atoms. The van der Waals surface area contributed by atoms with Crippen LogP contribution in [0.25, 0.3) is 0 Å². The third-order valence-electron chi connectivity index (χ3n) is 3.63. The first-order chi connectivity index (χ1) is 9.94. The van der Waals surface area contributed by atoms with Crippen molar-refractivity contribution in [2.45, 2.75) is 39.3 Å². The lowest BCUT2D eigenvalue weighted by molar-refractivity contribution is -0.142. The van der Waals surface area contributed by atoms with Crippen LogP contribution in [0.1, 0.15) is 36.1 Å². The van der Waals surface area contributed by atoms with Gasteiger partial charge in [-0.15, -0.1) is 0 Å². The summed E-state index contributed by atoms with van der Waals surface area (Å²) in [5.41, 5.74) is 2.84. The van der Waals surface area contributed by atoms with Crippen LogP contribution in [0.5, 0.6) is 5.75 Å². The van der Waals surface area contributed by atoms with Gasteiger partial charge in [-0.25, -0.2) is 0 Å². The molecule has 0 amide bonds. The second-order valence-electron chi connectivity index (χ2n) is 5.07. The Balaban J connectivity index is 3.10. The molecule has 0 fully saturated rings. The zero-order chi connectivity index (χ0) is 16.0. The molecule has 5 heteroatoms. The lowest BCUT2D eigenvalue weighted by Gasteiger charge is -2.25. The number of nitrogens with one attached hydrogen (secondary N) is 1. The summed E-state index contributed by atoms with van der Waals surface area (Å²) in [5.74, 6) is 0.265. The summed E-state index contributed by atoms with van der Waals surface area (Å²) in [6.45, 7) is 6.54. The van der Waals surface area contributed by atoms with Crippen molar-refractivity contribution >= 4 is 5.97 Å². The van der Waals surface area contributed by atoms with E-state index in [0.717, 1.165) is 11.1 Å². The number of likely N-dealkylation sites (N-methyl/N-ethyl adjacent to an activating group) is 1. The van der Waals surface area contributed by atoms with Gasteiger partial charge in [-0.3, -0.25) is 4.79 Å². The van der Waals surface area contributed by atoms with Gasteiger partial charge in [-0.2, -0.15) is 0 Å². The largest absolute Gasteiger partial charge is 0.496 e. The van der Waals surface area contributed by atoms with Gasteiger partial charge in [0.15, 0.2) is 0 Å². The average molecular weight is 295 g/mol. The standard InChI is InChI=1S/C16H25NO4/c1-6-17-13(9-15(18)21-5)16(19)12-7-10(2)11(3)8-14(12)20-4/h7-8,13,16-17,19H,6,9H2,1-5H3. The number of carbonyl (C=O) groups excluding carboxylic acids is 1. The first-order valence-corrected chi connectivity index (χ1v) is 7.07. The molecule has 0 radical (unpaired) electrons. The lowest BCUT2D eigenvalue weighted by atomic mass is 9.95. The predicted octanol–water partition coefficient (Wildman–Crippen LogP) is 1.89. The summed E-state index contributed by atoms with van der Waals surface area (Å²) >= 11 is 0. The molecule has 0 aromatic heterocycles. The summed E-state index contributed by atoms with van der Waals surface area (Å²) < 4.78 is 10.0. The van der Waals surface area contributed by atoms with Crippen molar-refractivity contribution in [2.24, 2.45) is 0 Å². The highest BCUT2D eigenvalue weighted by Crippen LogP contribution is 2.31. The minimum Gasteiger partial charge on any atom is -0.496 e. The maximum atomic E-state index is 11.5. The quantitative estimate of drug-likeness (QED) is 0.752. The van der Waals surface area contributed by atoms with Crippen molar-refractivity contribution in [3.05, 3.63) is 28.8 Å². The molecule has 2 N–H and O–H groups in total. The van der Waals surface area contributed by atoms with E-state index in [1.807, 2.05) is 32.9 Å². The van der Waals surface area contributed by atoms with E-state index in [1.165, 1.54) is 7.11 Å². The number of benzene rings is 1. The monoisotopic (exact) mass is 295 g/mol. The number of hydrogen-bond donors (Lipinski definition) is 2. The van der Waals surface area contributed by atoms with Crippen molar-refractivity contribution in [1.82, 2.24) is 5.32 Å². The van der Waals surface area contributed by atoms with Crippen LogP contribution in [0, 0.1) is 13.8 Å². The predicted molar refractivity (Wildman–Crippen MR) is 81.5 cm³/mol. The highest BCUT2D eigenvalue weighted by atomic mass is 16.5. The number of aliphatic hydroxyl groups is 1. The Morgan fingerprint density at radius 1 is 1.29 bits per heavy atom. The van der Waals surface area contributed by atoms with Gasteiger partial charge >= 0.3 is 5.97 Å². The number of esters is 1. The minimum atomic E-state index is -0.849. The molecule has 2 atom stereocenters. The summed E-state index contributed by atoms with van der Waals surface area (Å²) in [6.07, 6.45) is -0.750. The van der Waals surface area contributed by atoms with Gasteiger partial charge in [0.1, 0.15) is 5.75 Å². The molecular formula is C16H25NO4. The zero-order valence-electron chi connectivity index (χ0n) is 13.4. The van der Waals surface area contributed by atoms with Gasteiger partial charge in [0.2, 0.25) is 0 Å². The number of aryl methyl sites for hydroxylation is 2. The third kappa shape index (κ3) is 4.44. The van der Waals surface area contributed by atoms with Gasteiger partial charge in [0.25, 0.3) is 0 Å². The van der Waals surface area contributed by atoms with E-state index < -0.39 is 12.1 Å². The van der Waals surface area contributed by atoms with Gasteiger partial charge < -0.3 is 19.9 Å². The summed E-state index contributed by atoms with van der Waals surface area (Å²) in [6, 6.07) is 3.38. The molecule has 118 valence electrons. The topological polar surface area (TPSA) is 67.8 Å². The van der Waals surface area contributed by atoms with Crippen molar-refractivity contribution < 1.29 is 19.4 Å². The Morgan fingerprint density at radius 2 is 1.90 bits per heavy atom. The molecule has 0 aliphatic carbocycles. The summed E-state index contributed by atoms with van der Waals surface area (Å²) in [5, 5.41) is 13.8. The van der Waals surface area contributed by atoms with Gasteiger partial charge in [0, 0.05) is 11.6 Å². The minimum absolute atomic E-state index is 0.0988. The van der Waals surface area contributed by atoms with Crippen LogP contribution in [0.2, 0.25) is 0 Å². The van der Waals surface area contributed by atoms with Gasteiger partial charge in [0.05, 0.1) is 26.7 Å². The number of ether oxygens (including phenoxy) is 2. The number of rotatable bonds is 7. The highest BCUT2D eigenvalue weighted by Gasteiger charge is 2.26. The van der Waals surface area contributed by atoms with Gasteiger partial charge in [-0.1, -0.05) is 6.92 Å². The normalized spacial score (nSPS) is 13.6. The average Bonchev–Trinajstić information content (AvgIpc) is 2.48. The Kier molecular flexibility index (Phi) is 6.65. The van der Waals surface area contributed by atoms with Crippen LogP contribution < -0.4 is 10.1 Å². The van der Waals surface area contributed by atoms with Crippen LogP contribution >= 0.6 is 0 Å². The molecule has 0 aliphatic rings. The summed E-state index contributed by atoms with van der Waals surface area (Å²) in [4.78, 5) is 11.5. The van der Waals surface area contributed by atoms with E-state index in [9.17, 15) is 9.90 Å². The SMILES string of the molecule is CCNC(CC(=O)OC)C(O)c1cc(C)c(C)cc1OC. The molecule has 0 bridgehead atoms. The number of carbonyl (C=O) groups is 1. The van der Waals surface area contributed by atoms with Crippen LogP contribution in [0.15, 0.2) is 12.1 Å². The van der Waals surface area contributed by atoms with Crippen LogP contribution in [-0.4, -0.2) is 37.9 Å². The molecule has 1 aromatic carbocycles. The fourth-order valence-corrected chi connectivity index (χ4v) is 2.26. The van der Waals surface area contributed by atoms with E-state index in [2.05, 4.69) is 5.32 Å². The molecule has 1 aromatic rings.